The van der Waals surface area contributed by atoms with Crippen LogP contribution >= 0.6 is 23.2 Å². The van der Waals surface area contributed by atoms with Crippen molar-refractivity contribution >= 4 is 28.9 Å². The Hall–Kier alpha value is -1.38. The number of hydrogen-bond acceptors (Lipinski definition) is 2. The molecule has 4 heteroatoms. The average molecular weight is 296 g/mol. The largest absolute Gasteiger partial charge is 0.492 e. The van der Waals surface area contributed by atoms with Crippen LogP contribution in [0.25, 0.3) is 0 Å². The summed E-state index contributed by atoms with van der Waals surface area (Å²) in [6.07, 6.45) is 1.85. The summed E-state index contributed by atoms with van der Waals surface area (Å²) in [7, 11) is 0. The predicted molar refractivity (Wildman–Crippen MR) is 81.1 cm³/mol. The summed E-state index contributed by atoms with van der Waals surface area (Å²) in [6, 6.07) is 13.1. The van der Waals surface area contributed by atoms with E-state index in [0.29, 0.717) is 22.4 Å². The fourth-order valence-electron chi connectivity index (χ4n) is 1.73. The summed E-state index contributed by atoms with van der Waals surface area (Å²) in [6.45, 7) is 0.602. The molecule has 0 aliphatic rings. The van der Waals surface area contributed by atoms with Crippen LogP contribution in [0, 0.1) is 0 Å². The molecule has 2 aromatic rings. The maximum Gasteiger partial charge on any atom is 0.139 e. The van der Waals surface area contributed by atoms with Crippen molar-refractivity contribution in [2.45, 2.75) is 12.8 Å². The lowest BCUT2D eigenvalue weighted by Gasteiger charge is -2.08. The highest BCUT2D eigenvalue weighted by molar-refractivity contribution is 6.34. The van der Waals surface area contributed by atoms with E-state index in [1.807, 2.05) is 24.3 Å². The van der Waals surface area contributed by atoms with Gasteiger partial charge in [0.2, 0.25) is 0 Å². The molecular formula is C15H15Cl2NO. The van der Waals surface area contributed by atoms with Gasteiger partial charge in [0.1, 0.15) is 5.75 Å². The lowest BCUT2D eigenvalue weighted by Crippen LogP contribution is -2.00. The Labute approximate surface area is 123 Å². The summed E-state index contributed by atoms with van der Waals surface area (Å²) < 4.78 is 5.62. The monoisotopic (exact) mass is 295 g/mol. The fourth-order valence-corrected chi connectivity index (χ4v) is 2.06. The highest BCUT2D eigenvalue weighted by Gasteiger charge is 2.02. The van der Waals surface area contributed by atoms with Gasteiger partial charge in [0.15, 0.2) is 0 Å². The molecule has 0 bridgehead atoms. The van der Waals surface area contributed by atoms with Gasteiger partial charge in [-0.05, 0) is 42.7 Å². The number of halogens is 2. The molecule has 100 valence electrons. The van der Waals surface area contributed by atoms with Gasteiger partial charge in [-0.2, -0.15) is 0 Å². The van der Waals surface area contributed by atoms with Gasteiger partial charge in [0.05, 0.1) is 11.6 Å². The molecule has 0 amide bonds. The van der Waals surface area contributed by atoms with E-state index in [1.54, 1.807) is 18.2 Å². The second-order valence-electron chi connectivity index (χ2n) is 4.27. The number of anilines is 1. The maximum absolute atomic E-state index is 6.01. The highest BCUT2D eigenvalue weighted by atomic mass is 35.5. The van der Waals surface area contributed by atoms with Crippen LogP contribution in [0.4, 0.5) is 5.69 Å². The third-order valence-electron chi connectivity index (χ3n) is 2.74. The van der Waals surface area contributed by atoms with Crippen molar-refractivity contribution in [3.63, 3.8) is 0 Å². The van der Waals surface area contributed by atoms with Crippen LogP contribution in [0.15, 0.2) is 42.5 Å². The fraction of sp³-hybridized carbons (Fsp3) is 0.200. The van der Waals surface area contributed by atoms with Gasteiger partial charge in [-0.25, -0.2) is 0 Å². The first kappa shape index (κ1) is 14.0. The Bertz CT molecular complexity index is 540. The topological polar surface area (TPSA) is 35.2 Å². The Morgan fingerprint density at radius 2 is 1.74 bits per heavy atom. The lowest BCUT2D eigenvalue weighted by molar-refractivity contribution is 0.311. The summed E-state index contributed by atoms with van der Waals surface area (Å²) in [5.74, 6) is 0.631. The first-order valence-corrected chi connectivity index (χ1v) is 6.83. The number of nitrogens with two attached hydrogens (primary N) is 1. The van der Waals surface area contributed by atoms with E-state index in [9.17, 15) is 0 Å². The molecule has 0 aliphatic carbocycles. The predicted octanol–water partition coefficient (Wildman–Crippen LogP) is 4.59. The van der Waals surface area contributed by atoms with E-state index in [2.05, 4.69) is 0 Å². The minimum atomic E-state index is 0.580. The number of nitrogen functional groups attached to an aromatic ring is 1. The molecule has 0 fully saturated rings. The van der Waals surface area contributed by atoms with Crippen LogP contribution in [0.3, 0.4) is 0 Å². The molecule has 0 spiro atoms. The van der Waals surface area contributed by atoms with Gasteiger partial charge in [0, 0.05) is 16.8 Å². The SMILES string of the molecule is Nc1ccc(CCCOc2cc(Cl)ccc2Cl)cc1. The Kier molecular flexibility index (Phi) is 4.94. The van der Waals surface area contributed by atoms with Crippen molar-refractivity contribution in [2.75, 3.05) is 12.3 Å². The quantitative estimate of drug-likeness (QED) is 0.647. The molecule has 0 saturated heterocycles. The third-order valence-corrected chi connectivity index (χ3v) is 3.29. The number of aryl methyl sites for hydroxylation is 1. The van der Waals surface area contributed by atoms with E-state index < -0.39 is 0 Å². The molecule has 0 unspecified atom stereocenters. The van der Waals surface area contributed by atoms with Crippen LogP contribution < -0.4 is 10.5 Å². The van der Waals surface area contributed by atoms with Gasteiger partial charge >= 0.3 is 0 Å². The van der Waals surface area contributed by atoms with Crippen molar-refractivity contribution < 1.29 is 4.74 Å². The van der Waals surface area contributed by atoms with Crippen LogP contribution in [0.5, 0.6) is 5.75 Å². The van der Waals surface area contributed by atoms with E-state index in [-0.39, 0.29) is 0 Å². The molecule has 0 radical (unpaired) electrons. The number of ether oxygens (including phenoxy) is 1. The Morgan fingerprint density at radius 1 is 1.00 bits per heavy atom. The van der Waals surface area contributed by atoms with Crippen molar-refractivity contribution in [3.05, 3.63) is 58.1 Å². The molecule has 0 atom stereocenters. The zero-order chi connectivity index (χ0) is 13.7. The summed E-state index contributed by atoms with van der Waals surface area (Å²) >= 11 is 11.9. The Morgan fingerprint density at radius 3 is 2.47 bits per heavy atom. The molecule has 0 saturated carbocycles. The normalized spacial score (nSPS) is 10.4. The maximum atomic E-state index is 6.01. The van der Waals surface area contributed by atoms with E-state index in [4.69, 9.17) is 33.7 Å². The van der Waals surface area contributed by atoms with E-state index >= 15 is 0 Å². The van der Waals surface area contributed by atoms with Crippen LogP contribution in [-0.4, -0.2) is 6.61 Å². The second-order valence-corrected chi connectivity index (χ2v) is 5.11. The van der Waals surface area contributed by atoms with E-state index in [1.165, 1.54) is 5.56 Å². The van der Waals surface area contributed by atoms with Crippen LogP contribution in [0.1, 0.15) is 12.0 Å². The lowest BCUT2D eigenvalue weighted by atomic mass is 10.1. The molecule has 2 N–H and O–H groups in total. The van der Waals surface area contributed by atoms with Crippen LogP contribution in [0.2, 0.25) is 10.0 Å². The second kappa shape index (κ2) is 6.69. The van der Waals surface area contributed by atoms with Crippen molar-refractivity contribution in [1.29, 1.82) is 0 Å². The molecule has 0 aliphatic heterocycles. The number of hydrogen-bond donors (Lipinski definition) is 1. The van der Waals surface area contributed by atoms with Gasteiger partial charge in [-0.3, -0.25) is 0 Å². The van der Waals surface area contributed by atoms with E-state index in [0.717, 1.165) is 18.5 Å². The molecule has 2 nitrogen and oxygen atoms in total. The third kappa shape index (κ3) is 4.34. The summed E-state index contributed by atoms with van der Waals surface area (Å²) in [4.78, 5) is 0. The minimum absolute atomic E-state index is 0.580. The number of benzene rings is 2. The molecule has 0 aromatic heterocycles. The highest BCUT2D eigenvalue weighted by Crippen LogP contribution is 2.27. The summed E-state index contributed by atoms with van der Waals surface area (Å²) in [5.41, 5.74) is 7.66. The molecule has 2 rings (SSSR count). The Balaban J connectivity index is 1.80. The smallest absolute Gasteiger partial charge is 0.139 e. The molecule has 2 aromatic carbocycles. The number of rotatable bonds is 5. The van der Waals surface area contributed by atoms with Crippen LogP contribution in [-0.2, 0) is 6.42 Å². The first-order chi connectivity index (χ1) is 9.15. The standard InChI is InChI=1S/C15H15Cl2NO/c16-12-5-8-14(17)15(10-12)19-9-1-2-11-3-6-13(18)7-4-11/h3-8,10H,1-2,9,18H2. The van der Waals surface area contributed by atoms with Crippen molar-refractivity contribution in [1.82, 2.24) is 0 Å². The first-order valence-electron chi connectivity index (χ1n) is 6.07. The van der Waals surface area contributed by atoms with Gasteiger partial charge in [0.25, 0.3) is 0 Å². The summed E-state index contributed by atoms with van der Waals surface area (Å²) in [5, 5.41) is 1.20. The van der Waals surface area contributed by atoms with Gasteiger partial charge < -0.3 is 10.5 Å². The van der Waals surface area contributed by atoms with Crippen molar-refractivity contribution in [2.24, 2.45) is 0 Å². The van der Waals surface area contributed by atoms with Gasteiger partial charge in [-0.1, -0.05) is 35.3 Å². The minimum Gasteiger partial charge on any atom is -0.492 e. The molecule has 19 heavy (non-hydrogen) atoms. The zero-order valence-corrected chi connectivity index (χ0v) is 11.9. The average Bonchev–Trinajstić information content (AvgIpc) is 2.40. The van der Waals surface area contributed by atoms with Crippen molar-refractivity contribution in [3.8, 4) is 5.75 Å². The molecular weight excluding hydrogens is 281 g/mol. The molecule has 0 heterocycles. The zero-order valence-electron chi connectivity index (χ0n) is 10.4. The van der Waals surface area contributed by atoms with Gasteiger partial charge in [-0.15, -0.1) is 0 Å².